The molecule has 0 aromatic heterocycles. The van der Waals surface area contributed by atoms with Crippen LogP contribution in [-0.4, -0.2) is 25.7 Å². The molecule has 0 bridgehead atoms. The van der Waals surface area contributed by atoms with E-state index < -0.39 is 15.7 Å². The lowest BCUT2D eigenvalue weighted by Crippen LogP contribution is -2.11. The first-order valence-electron chi connectivity index (χ1n) is 5.54. The topological polar surface area (TPSA) is 51.2 Å². The normalized spacial score (nSPS) is 11.5. The number of ketones is 1. The average Bonchev–Trinajstić information content (AvgIpc) is 2.28. The number of sulfone groups is 1. The van der Waals surface area contributed by atoms with Crippen LogP contribution in [0, 0.1) is 5.82 Å². The molecule has 18 heavy (non-hydrogen) atoms. The summed E-state index contributed by atoms with van der Waals surface area (Å²) in [5.41, 5.74) is 0.00657. The quantitative estimate of drug-likeness (QED) is 0.750. The number of rotatable bonds is 6. The van der Waals surface area contributed by atoms with E-state index in [0.717, 1.165) is 0 Å². The van der Waals surface area contributed by atoms with E-state index in [-0.39, 0.29) is 35.7 Å². The summed E-state index contributed by atoms with van der Waals surface area (Å²) in [7, 11) is -3.07. The average molecular weight is 337 g/mol. The van der Waals surface area contributed by atoms with Gasteiger partial charge >= 0.3 is 0 Å². The molecule has 0 aliphatic rings. The van der Waals surface area contributed by atoms with Crippen molar-refractivity contribution < 1.29 is 17.6 Å². The molecule has 0 aliphatic carbocycles. The summed E-state index contributed by atoms with van der Waals surface area (Å²) in [6.07, 6.45) is 0.266. The molecule has 0 N–H and O–H groups in total. The number of carbonyl (C=O) groups excluding carboxylic acids is 1. The summed E-state index contributed by atoms with van der Waals surface area (Å²) in [5.74, 6) is -0.930. The molecule has 6 heteroatoms. The second kappa shape index (κ2) is 6.43. The number of hydrogen-bond donors (Lipinski definition) is 0. The van der Waals surface area contributed by atoms with E-state index in [1.165, 1.54) is 12.1 Å². The van der Waals surface area contributed by atoms with Gasteiger partial charge in [0.15, 0.2) is 5.78 Å². The van der Waals surface area contributed by atoms with Crippen molar-refractivity contribution in [3.8, 4) is 0 Å². The highest BCUT2D eigenvalue weighted by Gasteiger charge is 2.14. The van der Waals surface area contributed by atoms with Gasteiger partial charge in [-0.3, -0.25) is 4.79 Å². The third-order valence-corrected chi connectivity index (χ3v) is 4.81. The first-order chi connectivity index (χ1) is 8.35. The van der Waals surface area contributed by atoms with Gasteiger partial charge in [-0.15, -0.1) is 0 Å². The molecule has 0 radical (unpaired) electrons. The zero-order valence-corrected chi connectivity index (χ0v) is 12.4. The smallest absolute Gasteiger partial charge is 0.165 e. The predicted molar refractivity (Wildman–Crippen MR) is 72.0 cm³/mol. The highest BCUT2D eigenvalue weighted by atomic mass is 79.9. The van der Waals surface area contributed by atoms with Crippen LogP contribution in [0.2, 0.25) is 0 Å². The molecule has 1 aromatic rings. The molecule has 0 unspecified atom stereocenters. The Bertz CT molecular complexity index is 540. The molecule has 0 amide bonds. The van der Waals surface area contributed by atoms with Gasteiger partial charge in [0.05, 0.1) is 11.3 Å². The van der Waals surface area contributed by atoms with Crippen LogP contribution in [0.25, 0.3) is 0 Å². The van der Waals surface area contributed by atoms with Crippen LogP contribution in [0.4, 0.5) is 4.39 Å². The number of halogens is 2. The SMILES string of the molecule is CCS(=O)(=O)CCCC(=O)c1ccc(Br)cc1F. The molecule has 1 aromatic carbocycles. The van der Waals surface area contributed by atoms with Crippen LogP contribution in [-0.2, 0) is 9.84 Å². The molecule has 0 heterocycles. The third-order valence-electron chi connectivity index (χ3n) is 2.53. The van der Waals surface area contributed by atoms with Crippen LogP contribution >= 0.6 is 15.9 Å². The van der Waals surface area contributed by atoms with Gasteiger partial charge in [0.25, 0.3) is 0 Å². The maximum absolute atomic E-state index is 13.5. The van der Waals surface area contributed by atoms with Crippen molar-refractivity contribution in [2.75, 3.05) is 11.5 Å². The number of benzene rings is 1. The Hall–Kier alpha value is -0.750. The molecule has 100 valence electrons. The molecular weight excluding hydrogens is 323 g/mol. The van der Waals surface area contributed by atoms with Crippen molar-refractivity contribution in [3.05, 3.63) is 34.1 Å². The van der Waals surface area contributed by atoms with Crippen LogP contribution < -0.4 is 0 Å². The van der Waals surface area contributed by atoms with Crippen molar-refractivity contribution in [3.63, 3.8) is 0 Å². The van der Waals surface area contributed by atoms with Gasteiger partial charge in [0.2, 0.25) is 0 Å². The van der Waals surface area contributed by atoms with Crippen molar-refractivity contribution in [2.45, 2.75) is 19.8 Å². The fraction of sp³-hybridized carbons (Fsp3) is 0.417. The zero-order chi connectivity index (χ0) is 13.8. The second-order valence-electron chi connectivity index (χ2n) is 3.89. The lowest BCUT2D eigenvalue weighted by Gasteiger charge is -2.03. The molecule has 1 rings (SSSR count). The summed E-state index contributed by atoms with van der Waals surface area (Å²) < 4.78 is 36.5. The minimum absolute atomic E-state index is 0.00657. The summed E-state index contributed by atoms with van der Waals surface area (Å²) in [5, 5.41) is 0. The molecule has 0 spiro atoms. The van der Waals surface area contributed by atoms with E-state index in [4.69, 9.17) is 0 Å². The highest BCUT2D eigenvalue weighted by Crippen LogP contribution is 2.17. The van der Waals surface area contributed by atoms with E-state index in [0.29, 0.717) is 4.47 Å². The number of carbonyl (C=O) groups is 1. The summed E-state index contributed by atoms with van der Waals surface area (Å²) in [4.78, 5) is 11.7. The first-order valence-corrected chi connectivity index (χ1v) is 8.16. The van der Waals surface area contributed by atoms with Crippen LogP contribution in [0.5, 0.6) is 0 Å². The minimum Gasteiger partial charge on any atom is -0.294 e. The van der Waals surface area contributed by atoms with Gasteiger partial charge in [-0.25, -0.2) is 12.8 Å². The van der Waals surface area contributed by atoms with E-state index in [2.05, 4.69) is 15.9 Å². The van der Waals surface area contributed by atoms with Crippen molar-refractivity contribution >= 4 is 31.6 Å². The summed E-state index contributed by atoms with van der Waals surface area (Å²) in [6, 6.07) is 4.20. The van der Waals surface area contributed by atoms with E-state index in [1.807, 2.05) is 0 Å². The van der Waals surface area contributed by atoms with Crippen molar-refractivity contribution in [2.24, 2.45) is 0 Å². The molecule has 0 saturated carbocycles. The molecule has 0 fully saturated rings. The van der Waals surface area contributed by atoms with Gasteiger partial charge in [-0.2, -0.15) is 0 Å². The summed E-state index contributed by atoms with van der Waals surface area (Å²) in [6.45, 7) is 1.56. The lowest BCUT2D eigenvalue weighted by molar-refractivity contribution is 0.0978. The van der Waals surface area contributed by atoms with Gasteiger partial charge < -0.3 is 0 Å². The van der Waals surface area contributed by atoms with Crippen LogP contribution in [0.15, 0.2) is 22.7 Å². The molecule has 0 atom stereocenters. The van der Waals surface area contributed by atoms with E-state index in [9.17, 15) is 17.6 Å². The lowest BCUT2D eigenvalue weighted by atomic mass is 10.1. The van der Waals surface area contributed by atoms with Gasteiger partial charge in [-0.05, 0) is 24.6 Å². The molecular formula is C12H14BrFO3S. The van der Waals surface area contributed by atoms with E-state index >= 15 is 0 Å². The maximum atomic E-state index is 13.5. The van der Waals surface area contributed by atoms with Crippen LogP contribution in [0.3, 0.4) is 0 Å². The van der Waals surface area contributed by atoms with Gasteiger partial charge in [-0.1, -0.05) is 22.9 Å². The molecule has 3 nitrogen and oxygen atoms in total. The predicted octanol–water partition coefficient (Wildman–Crippen LogP) is 2.99. The number of hydrogen-bond acceptors (Lipinski definition) is 3. The zero-order valence-electron chi connectivity index (χ0n) is 9.95. The first kappa shape index (κ1) is 15.3. The monoisotopic (exact) mass is 336 g/mol. The Balaban J connectivity index is 2.61. The fourth-order valence-corrected chi connectivity index (χ4v) is 2.65. The van der Waals surface area contributed by atoms with Gasteiger partial charge in [0, 0.05) is 16.6 Å². The Kier molecular flexibility index (Phi) is 5.47. The Labute approximate surface area is 114 Å². The third kappa shape index (κ3) is 4.49. The van der Waals surface area contributed by atoms with Crippen molar-refractivity contribution in [1.82, 2.24) is 0 Å². The fourth-order valence-electron chi connectivity index (χ4n) is 1.45. The molecule has 0 aliphatic heterocycles. The summed E-state index contributed by atoms with van der Waals surface area (Å²) >= 11 is 3.10. The Morgan fingerprint density at radius 2 is 2.06 bits per heavy atom. The van der Waals surface area contributed by atoms with Gasteiger partial charge in [0.1, 0.15) is 15.7 Å². The van der Waals surface area contributed by atoms with Crippen LogP contribution in [0.1, 0.15) is 30.1 Å². The second-order valence-corrected chi connectivity index (χ2v) is 7.28. The largest absolute Gasteiger partial charge is 0.294 e. The van der Waals surface area contributed by atoms with E-state index in [1.54, 1.807) is 13.0 Å². The van der Waals surface area contributed by atoms with Crippen molar-refractivity contribution in [1.29, 1.82) is 0 Å². The Morgan fingerprint density at radius 3 is 2.61 bits per heavy atom. The highest BCUT2D eigenvalue weighted by molar-refractivity contribution is 9.10. The Morgan fingerprint density at radius 1 is 1.39 bits per heavy atom. The maximum Gasteiger partial charge on any atom is 0.165 e. The molecule has 0 saturated heterocycles. The number of Topliss-reactive ketones (excluding diaryl/α,β-unsaturated/α-hetero) is 1. The minimum atomic E-state index is -3.07. The standard InChI is InChI=1S/C12H14BrFO3S/c1-2-18(16,17)7-3-4-12(15)10-6-5-9(13)8-11(10)14/h5-6,8H,2-4,7H2,1H3.